The van der Waals surface area contributed by atoms with Gasteiger partial charge in [0, 0.05) is 38.3 Å². The van der Waals surface area contributed by atoms with E-state index in [0.29, 0.717) is 32.8 Å². The van der Waals surface area contributed by atoms with Crippen LogP contribution < -0.4 is 10.2 Å². The number of carbonyl (C=O) groups excluding carboxylic acids is 1. The van der Waals surface area contributed by atoms with Gasteiger partial charge < -0.3 is 19.9 Å². The number of carbonyl (C=O) groups is 1. The molecule has 1 aromatic carbocycles. The van der Waals surface area contributed by atoms with E-state index >= 15 is 0 Å². The molecular formula is C19H22ClN5O2. The molecule has 3 heterocycles. The zero-order valence-electron chi connectivity index (χ0n) is 15.0. The molecule has 1 N–H and O–H groups in total. The Labute approximate surface area is 163 Å². The molecular weight excluding hydrogens is 366 g/mol. The number of amides is 1. The Balaban J connectivity index is 1.36. The van der Waals surface area contributed by atoms with Crippen molar-refractivity contribution in [3.63, 3.8) is 0 Å². The first-order valence-corrected chi connectivity index (χ1v) is 9.55. The molecule has 0 saturated carbocycles. The maximum Gasteiger partial charge on any atom is 0.410 e. The number of fused-ring (bicyclic) bond motifs is 1. The second kappa shape index (κ2) is 8.10. The van der Waals surface area contributed by atoms with Gasteiger partial charge in [-0.3, -0.25) is 0 Å². The van der Waals surface area contributed by atoms with Crippen LogP contribution in [0.5, 0.6) is 0 Å². The Bertz CT molecular complexity index is 809. The minimum Gasteiger partial charge on any atom is -0.445 e. The molecule has 1 fully saturated rings. The van der Waals surface area contributed by atoms with Crippen LogP contribution in [-0.2, 0) is 24.3 Å². The van der Waals surface area contributed by atoms with Gasteiger partial charge in [-0.1, -0.05) is 30.3 Å². The maximum absolute atomic E-state index is 12.3. The van der Waals surface area contributed by atoms with Crippen molar-refractivity contribution in [1.29, 1.82) is 0 Å². The Morgan fingerprint density at radius 3 is 2.70 bits per heavy atom. The number of halogens is 1. The normalized spacial score (nSPS) is 16.8. The molecule has 0 radical (unpaired) electrons. The van der Waals surface area contributed by atoms with Gasteiger partial charge in [0.15, 0.2) is 0 Å². The van der Waals surface area contributed by atoms with Crippen LogP contribution in [-0.4, -0.2) is 53.7 Å². The van der Waals surface area contributed by atoms with Gasteiger partial charge in [-0.05, 0) is 30.1 Å². The van der Waals surface area contributed by atoms with Crippen LogP contribution >= 0.6 is 11.6 Å². The lowest BCUT2D eigenvalue weighted by Crippen LogP contribution is -2.49. The third-order valence-corrected chi connectivity index (χ3v) is 5.10. The van der Waals surface area contributed by atoms with Crippen LogP contribution in [0.3, 0.4) is 0 Å². The summed E-state index contributed by atoms with van der Waals surface area (Å²) in [6.07, 6.45) is 0.617. The van der Waals surface area contributed by atoms with Crippen LogP contribution in [0.4, 0.5) is 10.6 Å². The number of piperazine rings is 1. The molecule has 4 rings (SSSR count). The Kier molecular flexibility index (Phi) is 5.40. The monoisotopic (exact) mass is 387 g/mol. The van der Waals surface area contributed by atoms with Crippen molar-refractivity contribution in [3.05, 3.63) is 52.4 Å². The first kappa shape index (κ1) is 18.0. The lowest BCUT2D eigenvalue weighted by molar-refractivity contribution is 0.0941. The van der Waals surface area contributed by atoms with Crippen LogP contribution in [0.25, 0.3) is 0 Å². The van der Waals surface area contributed by atoms with E-state index in [4.69, 9.17) is 16.3 Å². The maximum atomic E-state index is 12.3. The number of anilines is 1. The van der Waals surface area contributed by atoms with Crippen molar-refractivity contribution >= 4 is 23.5 Å². The zero-order chi connectivity index (χ0) is 18.6. The SMILES string of the molecule is O=C(OCc1ccccc1)N1CCN(c2nc(Cl)nc3c2CCNC3)CC1. The predicted octanol–water partition coefficient (Wildman–Crippen LogP) is 2.23. The average molecular weight is 388 g/mol. The Morgan fingerprint density at radius 2 is 1.93 bits per heavy atom. The summed E-state index contributed by atoms with van der Waals surface area (Å²) in [5.74, 6) is 0.906. The Hall–Kier alpha value is -2.38. The number of hydrogen-bond acceptors (Lipinski definition) is 6. The van der Waals surface area contributed by atoms with E-state index in [1.807, 2.05) is 30.3 Å². The number of nitrogens with one attached hydrogen (secondary N) is 1. The van der Waals surface area contributed by atoms with Gasteiger partial charge in [0.2, 0.25) is 5.28 Å². The first-order valence-electron chi connectivity index (χ1n) is 9.17. The number of nitrogens with zero attached hydrogens (tertiary/aromatic N) is 4. The molecule has 2 aromatic rings. The van der Waals surface area contributed by atoms with Crippen LogP contribution in [0.2, 0.25) is 5.28 Å². The molecule has 142 valence electrons. The molecule has 1 saturated heterocycles. The molecule has 1 amide bonds. The lowest BCUT2D eigenvalue weighted by atomic mass is 10.1. The molecule has 0 atom stereocenters. The van der Waals surface area contributed by atoms with E-state index in [2.05, 4.69) is 20.2 Å². The highest BCUT2D eigenvalue weighted by Gasteiger charge is 2.26. The molecule has 7 nitrogen and oxygen atoms in total. The first-order chi connectivity index (χ1) is 13.2. The third-order valence-electron chi connectivity index (χ3n) is 4.93. The van der Waals surface area contributed by atoms with Crippen molar-refractivity contribution in [2.75, 3.05) is 37.6 Å². The van der Waals surface area contributed by atoms with E-state index in [0.717, 1.165) is 36.6 Å². The van der Waals surface area contributed by atoms with Crippen molar-refractivity contribution in [1.82, 2.24) is 20.2 Å². The van der Waals surface area contributed by atoms with Crippen molar-refractivity contribution in [2.45, 2.75) is 19.6 Å². The predicted molar refractivity (Wildman–Crippen MR) is 103 cm³/mol. The summed E-state index contributed by atoms with van der Waals surface area (Å²) in [5, 5.41) is 3.59. The van der Waals surface area contributed by atoms with Gasteiger partial charge in [0.25, 0.3) is 0 Å². The summed E-state index contributed by atoms with van der Waals surface area (Å²) >= 11 is 6.12. The summed E-state index contributed by atoms with van der Waals surface area (Å²) in [7, 11) is 0. The minimum atomic E-state index is -0.273. The molecule has 2 aliphatic rings. The second-order valence-electron chi connectivity index (χ2n) is 6.68. The number of benzene rings is 1. The summed E-state index contributed by atoms with van der Waals surface area (Å²) in [4.78, 5) is 25.1. The summed E-state index contributed by atoms with van der Waals surface area (Å²) < 4.78 is 5.43. The van der Waals surface area contributed by atoms with Crippen molar-refractivity contribution < 1.29 is 9.53 Å². The fourth-order valence-electron chi connectivity index (χ4n) is 3.48. The van der Waals surface area contributed by atoms with Crippen molar-refractivity contribution in [3.8, 4) is 0 Å². The number of rotatable bonds is 3. The molecule has 27 heavy (non-hydrogen) atoms. The molecule has 0 bridgehead atoms. The molecule has 0 aliphatic carbocycles. The topological polar surface area (TPSA) is 70.6 Å². The van der Waals surface area contributed by atoms with Crippen LogP contribution in [0.15, 0.2) is 30.3 Å². The average Bonchev–Trinajstić information content (AvgIpc) is 2.72. The minimum absolute atomic E-state index is 0.273. The highest BCUT2D eigenvalue weighted by Crippen LogP contribution is 2.26. The Morgan fingerprint density at radius 1 is 1.15 bits per heavy atom. The van der Waals surface area contributed by atoms with Gasteiger partial charge in [0.1, 0.15) is 12.4 Å². The van der Waals surface area contributed by atoms with E-state index in [-0.39, 0.29) is 11.4 Å². The van der Waals surface area contributed by atoms with Crippen LogP contribution in [0.1, 0.15) is 16.8 Å². The largest absolute Gasteiger partial charge is 0.445 e. The van der Waals surface area contributed by atoms with E-state index in [9.17, 15) is 4.79 Å². The van der Waals surface area contributed by atoms with Gasteiger partial charge in [0.05, 0.1) is 5.69 Å². The van der Waals surface area contributed by atoms with E-state index in [1.165, 1.54) is 5.56 Å². The van der Waals surface area contributed by atoms with E-state index in [1.54, 1.807) is 4.90 Å². The van der Waals surface area contributed by atoms with E-state index < -0.39 is 0 Å². The summed E-state index contributed by atoms with van der Waals surface area (Å²) in [6.45, 7) is 4.53. The second-order valence-corrected chi connectivity index (χ2v) is 7.02. The fraction of sp³-hybridized carbons (Fsp3) is 0.421. The quantitative estimate of drug-likeness (QED) is 0.814. The standard InChI is InChI=1S/C19H22ClN5O2/c20-18-22-16-12-21-7-6-15(16)17(23-18)24-8-10-25(11-9-24)19(26)27-13-14-4-2-1-3-5-14/h1-5,21H,6-13H2. The van der Waals surface area contributed by atoms with Crippen LogP contribution in [0, 0.1) is 0 Å². The molecule has 2 aliphatic heterocycles. The molecule has 0 unspecified atom stereocenters. The number of aromatic nitrogens is 2. The van der Waals surface area contributed by atoms with Gasteiger partial charge >= 0.3 is 6.09 Å². The molecule has 0 spiro atoms. The highest BCUT2D eigenvalue weighted by molar-refractivity contribution is 6.28. The fourth-order valence-corrected chi connectivity index (χ4v) is 3.67. The highest BCUT2D eigenvalue weighted by atomic mass is 35.5. The van der Waals surface area contributed by atoms with Gasteiger partial charge in [-0.2, -0.15) is 0 Å². The smallest absolute Gasteiger partial charge is 0.410 e. The summed E-state index contributed by atoms with van der Waals surface area (Å²) in [5.41, 5.74) is 3.12. The van der Waals surface area contributed by atoms with Gasteiger partial charge in [-0.25, -0.2) is 14.8 Å². The van der Waals surface area contributed by atoms with Crippen molar-refractivity contribution in [2.24, 2.45) is 0 Å². The number of hydrogen-bond donors (Lipinski definition) is 1. The molecule has 1 aromatic heterocycles. The number of ether oxygens (including phenoxy) is 1. The summed E-state index contributed by atoms with van der Waals surface area (Å²) in [6, 6.07) is 9.71. The molecule has 8 heteroatoms. The van der Waals surface area contributed by atoms with Gasteiger partial charge in [-0.15, -0.1) is 0 Å². The lowest BCUT2D eigenvalue weighted by Gasteiger charge is -2.36. The third kappa shape index (κ3) is 4.14. The zero-order valence-corrected chi connectivity index (χ0v) is 15.8.